The van der Waals surface area contributed by atoms with Gasteiger partial charge >= 0.3 is 0 Å². The van der Waals surface area contributed by atoms with Crippen molar-refractivity contribution in [3.05, 3.63) is 72.6 Å². The van der Waals surface area contributed by atoms with Crippen LogP contribution in [0, 0.1) is 0 Å². The zero-order valence-corrected chi connectivity index (χ0v) is 14.8. The van der Waals surface area contributed by atoms with Gasteiger partial charge in [0.25, 0.3) is 5.91 Å². The minimum atomic E-state index is -0.0768. The van der Waals surface area contributed by atoms with Gasteiger partial charge in [-0.05, 0) is 40.6 Å². The Labute approximate surface area is 153 Å². The minimum Gasteiger partial charge on any atom is -0.484 e. The van der Waals surface area contributed by atoms with Gasteiger partial charge in [0.15, 0.2) is 6.61 Å². The van der Waals surface area contributed by atoms with E-state index in [1.807, 2.05) is 54.6 Å². The van der Waals surface area contributed by atoms with Crippen molar-refractivity contribution in [1.82, 2.24) is 9.88 Å². The van der Waals surface area contributed by atoms with Gasteiger partial charge < -0.3 is 14.4 Å². The Balaban J connectivity index is 1.64. The van der Waals surface area contributed by atoms with Crippen molar-refractivity contribution in [2.24, 2.45) is 0 Å². The zero-order valence-electron chi connectivity index (χ0n) is 14.8. The second kappa shape index (κ2) is 8.97. The van der Waals surface area contributed by atoms with Gasteiger partial charge in [-0.3, -0.25) is 9.78 Å². The summed E-state index contributed by atoms with van der Waals surface area (Å²) in [5.41, 5.74) is 1.02. The largest absolute Gasteiger partial charge is 0.484 e. The number of amides is 1. The maximum Gasteiger partial charge on any atom is 0.260 e. The highest BCUT2D eigenvalue weighted by atomic mass is 16.5. The smallest absolute Gasteiger partial charge is 0.260 e. The van der Waals surface area contributed by atoms with Gasteiger partial charge in [-0.1, -0.05) is 30.3 Å². The van der Waals surface area contributed by atoms with Crippen LogP contribution in [0.1, 0.15) is 5.56 Å². The molecule has 0 radical (unpaired) electrons. The van der Waals surface area contributed by atoms with Gasteiger partial charge in [-0.25, -0.2) is 0 Å². The third-order valence-electron chi connectivity index (χ3n) is 4.12. The molecule has 5 heteroatoms. The van der Waals surface area contributed by atoms with Crippen molar-refractivity contribution in [1.29, 1.82) is 0 Å². The highest BCUT2D eigenvalue weighted by Gasteiger charge is 2.15. The van der Waals surface area contributed by atoms with Crippen LogP contribution in [0.15, 0.2) is 67.0 Å². The molecule has 0 spiro atoms. The first-order valence-corrected chi connectivity index (χ1v) is 8.53. The number of hydrogen-bond acceptors (Lipinski definition) is 4. The molecule has 3 aromatic rings. The Hall–Kier alpha value is -2.92. The second-order valence-electron chi connectivity index (χ2n) is 5.96. The molecule has 0 unspecified atom stereocenters. The number of benzene rings is 2. The number of ether oxygens (including phenoxy) is 2. The Morgan fingerprint density at radius 2 is 1.81 bits per heavy atom. The first-order valence-electron chi connectivity index (χ1n) is 8.53. The van der Waals surface area contributed by atoms with E-state index in [0.717, 1.165) is 16.3 Å². The molecule has 0 atom stereocenters. The number of rotatable bonds is 8. The van der Waals surface area contributed by atoms with E-state index >= 15 is 0 Å². The van der Waals surface area contributed by atoms with E-state index < -0.39 is 0 Å². The molecule has 0 saturated carbocycles. The quantitative estimate of drug-likeness (QED) is 0.626. The highest BCUT2D eigenvalue weighted by molar-refractivity contribution is 5.84. The summed E-state index contributed by atoms with van der Waals surface area (Å²) in [6.07, 6.45) is 3.44. The van der Waals surface area contributed by atoms with Gasteiger partial charge in [-0.15, -0.1) is 0 Å². The van der Waals surface area contributed by atoms with E-state index in [-0.39, 0.29) is 12.5 Å². The van der Waals surface area contributed by atoms with Crippen LogP contribution in [0.25, 0.3) is 10.8 Å². The first kappa shape index (κ1) is 17.9. The number of carbonyl (C=O) groups excluding carboxylic acids is 1. The minimum absolute atomic E-state index is 0.00681. The van der Waals surface area contributed by atoms with Crippen LogP contribution in [0.3, 0.4) is 0 Å². The third kappa shape index (κ3) is 4.80. The zero-order chi connectivity index (χ0) is 18.2. The molecule has 5 nitrogen and oxygen atoms in total. The molecule has 26 heavy (non-hydrogen) atoms. The summed E-state index contributed by atoms with van der Waals surface area (Å²) in [7, 11) is 1.63. The lowest BCUT2D eigenvalue weighted by atomic mass is 10.1. The number of carbonyl (C=O) groups is 1. The van der Waals surface area contributed by atoms with Crippen molar-refractivity contribution < 1.29 is 14.3 Å². The Bertz CT molecular complexity index is 852. The standard InChI is InChI=1S/C21H22N2O3/c1-25-13-12-23(15-17-8-10-22-11-9-17)21(24)16-26-20-7-6-18-4-2-3-5-19(18)14-20/h2-11,14H,12-13,15-16H2,1H3. The fourth-order valence-electron chi connectivity index (χ4n) is 2.70. The van der Waals surface area contributed by atoms with E-state index in [1.165, 1.54) is 0 Å². The van der Waals surface area contributed by atoms with Gasteiger partial charge in [0.05, 0.1) is 6.61 Å². The number of nitrogens with zero attached hydrogens (tertiary/aromatic N) is 2. The summed E-state index contributed by atoms with van der Waals surface area (Å²) in [5.74, 6) is 0.611. The molecule has 1 heterocycles. The highest BCUT2D eigenvalue weighted by Crippen LogP contribution is 2.20. The summed E-state index contributed by atoms with van der Waals surface area (Å²) < 4.78 is 10.9. The molecule has 0 N–H and O–H groups in total. The van der Waals surface area contributed by atoms with E-state index in [0.29, 0.717) is 25.4 Å². The summed E-state index contributed by atoms with van der Waals surface area (Å²) in [6, 6.07) is 17.7. The van der Waals surface area contributed by atoms with Gasteiger partial charge in [0.2, 0.25) is 0 Å². The van der Waals surface area contributed by atoms with Crippen LogP contribution in [0.2, 0.25) is 0 Å². The van der Waals surface area contributed by atoms with Crippen LogP contribution in [-0.2, 0) is 16.1 Å². The summed E-state index contributed by atoms with van der Waals surface area (Å²) in [6.45, 7) is 1.49. The molecule has 1 amide bonds. The fourth-order valence-corrected chi connectivity index (χ4v) is 2.70. The molecule has 3 rings (SSSR count). The number of methoxy groups -OCH3 is 1. The summed E-state index contributed by atoms with van der Waals surface area (Å²) >= 11 is 0. The predicted molar refractivity (Wildman–Crippen MR) is 101 cm³/mol. The Kier molecular flexibility index (Phi) is 6.17. The third-order valence-corrected chi connectivity index (χ3v) is 4.12. The van der Waals surface area contributed by atoms with E-state index in [9.17, 15) is 4.79 Å². The average Bonchev–Trinajstić information content (AvgIpc) is 2.70. The predicted octanol–water partition coefficient (Wildman–Crippen LogP) is 3.29. The van der Waals surface area contributed by atoms with E-state index in [2.05, 4.69) is 4.98 Å². The summed E-state index contributed by atoms with van der Waals surface area (Å²) in [4.78, 5) is 18.4. The molecule has 1 aromatic heterocycles. The molecule has 0 saturated heterocycles. The normalized spacial score (nSPS) is 10.7. The molecule has 134 valence electrons. The van der Waals surface area contributed by atoms with Crippen molar-refractivity contribution >= 4 is 16.7 Å². The number of aromatic nitrogens is 1. The van der Waals surface area contributed by atoms with Crippen LogP contribution >= 0.6 is 0 Å². The molecular weight excluding hydrogens is 328 g/mol. The lowest BCUT2D eigenvalue weighted by Crippen LogP contribution is -2.36. The molecular formula is C21H22N2O3. The van der Waals surface area contributed by atoms with Crippen LogP contribution < -0.4 is 4.74 Å². The van der Waals surface area contributed by atoms with Crippen molar-refractivity contribution in [2.45, 2.75) is 6.54 Å². The lowest BCUT2D eigenvalue weighted by molar-refractivity contribution is -0.134. The SMILES string of the molecule is COCCN(Cc1ccncc1)C(=O)COc1ccc2ccccc2c1. The molecule has 0 aliphatic carbocycles. The van der Waals surface area contributed by atoms with Crippen molar-refractivity contribution in [3.8, 4) is 5.75 Å². The van der Waals surface area contributed by atoms with Crippen LogP contribution in [0.4, 0.5) is 0 Å². The first-order chi connectivity index (χ1) is 12.8. The van der Waals surface area contributed by atoms with Gasteiger partial charge in [-0.2, -0.15) is 0 Å². The monoisotopic (exact) mass is 350 g/mol. The van der Waals surface area contributed by atoms with E-state index in [1.54, 1.807) is 24.4 Å². The Morgan fingerprint density at radius 3 is 2.58 bits per heavy atom. The molecule has 0 bridgehead atoms. The van der Waals surface area contributed by atoms with Crippen LogP contribution in [-0.4, -0.2) is 42.7 Å². The van der Waals surface area contributed by atoms with Gasteiger partial charge in [0.1, 0.15) is 5.75 Å². The maximum absolute atomic E-state index is 12.6. The number of hydrogen-bond donors (Lipinski definition) is 0. The molecule has 0 aliphatic rings. The second-order valence-corrected chi connectivity index (χ2v) is 5.96. The van der Waals surface area contributed by atoms with E-state index in [4.69, 9.17) is 9.47 Å². The molecule has 0 fully saturated rings. The Morgan fingerprint density at radius 1 is 1.04 bits per heavy atom. The van der Waals surface area contributed by atoms with Gasteiger partial charge in [0, 0.05) is 32.6 Å². The maximum atomic E-state index is 12.6. The number of fused-ring (bicyclic) bond motifs is 1. The number of pyridine rings is 1. The van der Waals surface area contributed by atoms with Crippen LogP contribution in [0.5, 0.6) is 5.75 Å². The van der Waals surface area contributed by atoms with Crippen molar-refractivity contribution in [3.63, 3.8) is 0 Å². The summed E-state index contributed by atoms with van der Waals surface area (Å²) in [5, 5.41) is 2.23. The molecule has 2 aromatic carbocycles. The lowest BCUT2D eigenvalue weighted by Gasteiger charge is -2.22. The molecule has 0 aliphatic heterocycles. The topological polar surface area (TPSA) is 51.7 Å². The fraction of sp³-hybridized carbons (Fsp3) is 0.238. The van der Waals surface area contributed by atoms with Crippen molar-refractivity contribution in [2.75, 3.05) is 26.9 Å². The average molecular weight is 350 g/mol.